The van der Waals surface area contributed by atoms with Crippen molar-refractivity contribution in [2.45, 2.75) is 11.6 Å². The predicted molar refractivity (Wildman–Crippen MR) is 126 cm³/mol. The van der Waals surface area contributed by atoms with E-state index in [1.165, 1.54) is 0 Å². The molecular formula is C27H19N3O2. The highest BCUT2D eigenvalue weighted by molar-refractivity contribution is 6.18. The van der Waals surface area contributed by atoms with Gasteiger partial charge >= 0.3 is 0 Å². The second-order valence-electron chi connectivity index (χ2n) is 8.04. The Bertz CT molecular complexity index is 1370. The molecule has 5 heteroatoms. The number of aliphatic imine (C=N–C) groups is 1. The van der Waals surface area contributed by atoms with Crippen LogP contribution in [-0.2, 0) is 5.54 Å². The largest absolute Gasteiger partial charge is 0.338 e. The first-order chi connectivity index (χ1) is 15.7. The molecule has 0 bridgehead atoms. The average molecular weight is 417 g/mol. The van der Waals surface area contributed by atoms with Crippen LogP contribution in [0.2, 0.25) is 0 Å². The highest BCUT2D eigenvalue weighted by atomic mass is 16.6. The lowest BCUT2D eigenvalue weighted by Crippen LogP contribution is -2.25. The van der Waals surface area contributed by atoms with Crippen molar-refractivity contribution in [1.82, 2.24) is 0 Å². The summed E-state index contributed by atoms with van der Waals surface area (Å²) >= 11 is 0. The molecule has 2 heterocycles. The van der Waals surface area contributed by atoms with E-state index >= 15 is 0 Å². The summed E-state index contributed by atoms with van der Waals surface area (Å²) < 4.78 is 0. The summed E-state index contributed by atoms with van der Waals surface area (Å²) in [6.45, 7) is 0. The van der Waals surface area contributed by atoms with Crippen molar-refractivity contribution in [2.24, 2.45) is 4.99 Å². The number of para-hydroxylation sites is 3. The highest BCUT2D eigenvalue weighted by Crippen LogP contribution is 2.68. The van der Waals surface area contributed by atoms with E-state index in [9.17, 15) is 10.1 Å². The van der Waals surface area contributed by atoms with Crippen LogP contribution < -0.4 is 4.90 Å². The number of nitrogens with zero attached hydrogens (tertiary/aromatic N) is 3. The van der Waals surface area contributed by atoms with Crippen LogP contribution in [0.4, 0.5) is 17.1 Å². The Kier molecular flexibility index (Phi) is 3.98. The molecule has 2 aliphatic heterocycles. The van der Waals surface area contributed by atoms with Crippen LogP contribution in [0.5, 0.6) is 0 Å². The minimum atomic E-state index is -0.606. The van der Waals surface area contributed by atoms with Crippen LogP contribution in [0.25, 0.3) is 0 Å². The molecule has 0 radical (unpaired) electrons. The summed E-state index contributed by atoms with van der Waals surface area (Å²) in [5.74, 6) is 0. The van der Waals surface area contributed by atoms with Crippen molar-refractivity contribution in [3.63, 3.8) is 0 Å². The van der Waals surface area contributed by atoms with Crippen molar-refractivity contribution in [1.29, 1.82) is 0 Å². The summed E-state index contributed by atoms with van der Waals surface area (Å²) in [6.07, 6.45) is 0. The summed E-state index contributed by atoms with van der Waals surface area (Å²) in [5, 5.41) is 11.9. The van der Waals surface area contributed by atoms with Gasteiger partial charge in [0.05, 0.1) is 22.4 Å². The van der Waals surface area contributed by atoms with Crippen molar-refractivity contribution in [3.05, 3.63) is 136 Å². The zero-order valence-electron chi connectivity index (χ0n) is 17.1. The molecule has 1 saturated heterocycles. The molecule has 0 aromatic heterocycles. The minimum Gasteiger partial charge on any atom is -0.338 e. The van der Waals surface area contributed by atoms with Gasteiger partial charge in [-0.25, -0.2) is 4.99 Å². The second kappa shape index (κ2) is 6.89. The highest BCUT2D eigenvalue weighted by Gasteiger charge is 2.71. The van der Waals surface area contributed by atoms with Gasteiger partial charge in [0.2, 0.25) is 0 Å². The summed E-state index contributed by atoms with van der Waals surface area (Å²) in [4.78, 5) is 18.9. The number of rotatable bonds is 4. The molecular weight excluding hydrogens is 398 g/mol. The number of benzene rings is 4. The maximum absolute atomic E-state index is 11.9. The monoisotopic (exact) mass is 417 g/mol. The first kappa shape index (κ1) is 18.5. The molecule has 6 rings (SSSR count). The molecule has 0 N–H and O–H groups in total. The van der Waals surface area contributed by atoms with E-state index in [1.54, 1.807) is 12.1 Å². The first-order valence-electron chi connectivity index (χ1n) is 10.5. The average Bonchev–Trinajstić information content (AvgIpc) is 3.42. The molecule has 2 atom stereocenters. The van der Waals surface area contributed by atoms with Crippen molar-refractivity contribution >= 4 is 22.8 Å². The molecule has 0 aliphatic carbocycles. The van der Waals surface area contributed by atoms with Gasteiger partial charge in [-0.05, 0) is 23.3 Å². The van der Waals surface area contributed by atoms with Crippen LogP contribution in [-0.4, -0.2) is 10.6 Å². The van der Waals surface area contributed by atoms with Crippen LogP contribution in [0.1, 0.15) is 22.7 Å². The van der Waals surface area contributed by atoms with Crippen LogP contribution in [0, 0.1) is 10.1 Å². The molecule has 4 aromatic rings. The normalized spacial score (nSPS) is 20.7. The zero-order valence-corrected chi connectivity index (χ0v) is 17.1. The second-order valence-corrected chi connectivity index (χ2v) is 8.04. The fourth-order valence-corrected chi connectivity index (χ4v) is 5.10. The summed E-state index contributed by atoms with van der Waals surface area (Å²) in [6, 6.07) is 35.3. The third kappa shape index (κ3) is 2.48. The van der Waals surface area contributed by atoms with Gasteiger partial charge in [0.1, 0.15) is 11.2 Å². The Balaban J connectivity index is 1.65. The van der Waals surface area contributed by atoms with Gasteiger partial charge in [0.15, 0.2) is 0 Å². The standard InChI is InChI=1S/C27H19N3O2/c31-30(32)24-18-10-9-17-23(24)29-26(20-13-5-2-6-14-20)27(29)21-15-7-8-16-22(21)28-25(27)19-11-3-1-4-12-19/h1-18,26H. The van der Waals surface area contributed by atoms with Crippen LogP contribution in [0.3, 0.4) is 0 Å². The molecule has 154 valence electrons. The topological polar surface area (TPSA) is 58.5 Å². The van der Waals surface area contributed by atoms with E-state index in [0.29, 0.717) is 5.69 Å². The van der Waals surface area contributed by atoms with Gasteiger partial charge in [0, 0.05) is 11.6 Å². The van der Waals surface area contributed by atoms with Gasteiger partial charge < -0.3 is 4.90 Å². The molecule has 1 spiro atoms. The lowest BCUT2D eigenvalue weighted by molar-refractivity contribution is -0.384. The van der Waals surface area contributed by atoms with Gasteiger partial charge in [-0.1, -0.05) is 91.0 Å². The van der Waals surface area contributed by atoms with Crippen LogP contribution in [0.15, 0.2) is 114 Å². The fraction of sp³-hybridized carbons (Fsp3) is 0.0741. The van der Waals surface area contributed by atoms with Crippen molar-refractivity contribution < 1.29 is 4.92 Å². The van der Waals surface area contributed by atoms with Gasteiger partial charge in [-0.3, -0.25) is 10.1 Å². The van der Waals surface area contributed by atoms with E-state index in [1.807, 2.05) is 66.7 Å². The predicted octanol–water partition coefficient (Wildman–Crippen LogP) is 6.19. The van der Waals surface area contributed by atoms with E-state index in [4.69, 9.17) is 4.99 Å². The molecule has 0 amide bonds. The Morgan fingerprint density at radius 3 is 2.16 bits per heavy atom. The Morgan fingerprint density at radius 1 is 0.781 bits per heavy atom. The minimum absolute atomic E-state index is 0.0992. The van der Waals surface area contributed by atoms with Crippen molar-refractivity contribution in [3.8, 4) is 0 Å². The number of fused-ring (bicyclic) bond motifs is 2. The fourth-order valence-electron chi connectivity index (χ4n) is 5.10. The summed E-state index contributed by atoms with van der Waals surface area (Å²) in [5.41, 5.74) is 5.13. The molecule has 4 aromatic carbocycles. The number of nitro groups is 1. The lowest BCUT2D eigenvalue weighted by Gasteiger charge is -2.17. The molecule has 0 saturated carbocycles. The zero-order chi connectivity index (χ0) is 21.7. The lowest BCUT2D eigenvalue weighted by atomic mass is 9.85. The number of hydrogen-bond donors (Lipinski definition) is 0. The van der Waals surface area contributed by atoms with E-state index in [-0.39, 0.29) is 16.7 Å². The third-order valence-corrected chi connectivity index (χ3v) is 6.37. The maximum atomic E-state index is 11.9. The third-order valence-electron chi connectivity index (χ3n) is 6.37. The maximum Gasteiger partial charge on any atom is 0.292 e. The first-order valence-corrected chi connectivity index (χ1v) is 10.5. The Labute approximate surface area is 185 Å². The number of hydrogen-bond acceptors (Lipinski definition) is 4. The smallest absolute Gasteiger partial charge is 0.292 e. The van der Waals surface area contributed by atoms with E-state index in [0.717, 1.165) is 28.1 Å². The van der Waals surface area contributed by atoms with Crippen molar-refractivity contribution in [2.75, 3.05) is 4.90 Å². The van der Waals surface area contributed by atoms with Gasteiger partial charge in [-0.2, -0.15) is 0 Å². The Hall–Kier alpha value is -4.25. The summed E-state index contributed by atoms with van der Waals surface area (Å²) in [7, 11) is 0. The van der Waals surface area contributed by atoms with Crippen LogP contribution >= 0.6 is 0 Å². The molecule has 2 unspecified atom stereocenters. The molecule has 2 aliphatic rings. The molecule has 1 fully saturated rings. The quantitative estimate of drug-likeness (QED) is 0.226. The van der Waals surface area contributed by atoms with E-state index in [2.05, 4.69) is 35.2 Å². The molecule has 5 nitrogen and oxygen atoms in total. The van der Waals surface area contributed by atoms with Gasteiger partial charge in [0.25, 0.3) is 5.69 Å². The SMILES string of the molecule is O=[N+]([O-])c1ccccc1N1C(c2ccccc2)C12C(c1ccccc1)=Nc1ccccc12. The number of anilines is 1. The van der Waals surface area contributed by atoms with Gasteiger partial charge in [-0.15, -0.1) is 0 Å². The Morgan fingerprint density at radius 2 is 1.41 bits per heavy atom. The van der Waals surface area contributed by atoms with E-state index < -0.39 is 5.54 Å². The number of nitro benzene ring substituents is 1. The molecule has 32 heavy (non-hydrogen) atoms.